The second kappa shape index (κ2) is 6.30. The van der Waals surface area contributed by atoms with Crippen LogP contribution < -0.4 is 5.32 Å². The number of hydrogen-bond donors (Lipinski definition) is 1. The van der Waals surface area contributed by atoms with Crippen LogP contribution in [-0.2, 0) is 0 Å². The van der Waals surface area contributed by atoms with E-state index >= 15 is 0 Å². The molecule has 2 rings (SSSR count). The fourth-order valence-corrected chi connectivity index (χ4v) is 2.67. The summed E-state index contributed by atoms with van der Waals surface area (Å²) in [4.78, 5) is 16.8. The van der Waals surface area contributed by atoms with E-state index in [1.807, 2.05) is 26.0 Å². The van der Waals surface area contributed by atoms with Crippen molar-refractivity contribution in [3.8, 4) is 0 Å². The van der Waals surface area contributed by atoms with E-state index in [1.165, 1.54) is 0 Å². The number of anilines is 1. The Morgan fingerprint density at radius 1 is 1.45 bits per heavy atom. The summed E-state index contributed by atoms with van der Waals surface area (Å²) in [5.41, 5.74) is 11.4. The number of carbonyl (C=O) groups excluding carboxylic acids is 1. The van der Waals surface area contributed by atoms with Crippen molar-refractivity contribution in [1.29, 1.82) is 0 Å². The van der Waals surface area contributed by atoms with Gasteiger partial charge in [-0.05, 0) is 55.5 Å². The Morgan fingerprint density at radius 2 is 2.15 bits per heavy atom. The first-order chi connectivity index (χ1) is 9.60. The van der Waals surface area contributed by atoms with Crippen LogP contribution in [-0.4, -0.2) is 30.1 Å². The molecule has 1 N–H and O–H groups in total. The van der Waals surface area contributed by atoms with Crippen molar-refractivity contribution in [3.63, 3.8) is 0 Å². The van der Waals surface area contributed by atoms with Crippen molar-refractivity contribution < 1.29 is 4.79 Å². The number of amides is 2. The number of rotatable bonds is 3. The van der Waals surface area contributed by atoms with Crippen molar-refractivity contribution >= 4 is 11.7 Å². The molecule has 1 atom stereocenters. The van der Waals surface area contributed by atoms with E-state index in [2.05, 4.69) is 21.4 Å². The lowest BCUT2D eigenvalue weighted by Crippen LogP contribution is -2.40. The molecule has 1 saturated heterocycles. The minimum absolute atomic E-state index is 0.0109. The van der Waals surface area contributed by atoms with Gasteiger partial charge in [-0.3, -0.25) is 0 Å². The van der Waals surface area contributed by atoms with Gasteiger partial charge in [0.15, 0.2) is 0 Å². The Labute approximate surface area is 118 Å². The smallest absolute Gasteiger partial charge is 0.321 e. The van der Waals surface area contributed by atoms with Crippen molar-refractivity contribution in [3.05, 3.63) is 39.8 Å². The fourth-order valence-electron chi connectivity index (χ4n) is 2.67. The largest absolute Gasteiger partial charge is 0.322 e. The highest BCUT2D eigenvalue weighted by Crippen LogP contribution is 2.20. The molecule has 0 bridgehead atoms. The van der Waals surface area contributed by atoms with Gasteiger partial charge in [0.25, 0.3) is 0 Å². The summed E-state index contributed by atoms with van der Waals surface area (Å²) in [7, 11) is 0. The first-order valence-electron chi connectivity index (χ1n) is 6.77. The molecule has 1 aromatic rings. The van der Waals surface area contributed by atoms with E-state index in [0.29, 0.717) is 13.1 Å². The third-order valence-corrected chi connectivity index (χ3v) is 3.47. The summed E-state index contributed by atoms with van der Waals surface area (Å²) in [6.45, 7) is 5.06. The lowest BCUT2D eigenvalue weighted by molar-refractivity contribution is 0.208. The predicted octanol–water partition coefficient (Wildman–Crippen LogP) is 3.61. The number of likely N-dealkylation sites (tertiary alicyclic amines) is 1. The molecule has 2 amide bonds. The van der Waals surface area contributed by atoms with E-state index in [-0.39, 0.29) is 12.1 Å². The first kappa shape index (κ1) is 14.2. The maximum absolute atomic E-state index is 12.3. The van der Waals surface area contributed by atoms with Gasteiger partial charge in [0, 0.05) is 29.7 Å². The third-order valence-electron chi connectivity index (χ3n) is 3.47. The van der Waals surface area contributed by atoms with Crippen LogP contribution in [0.25, 0.3) is 10.4 Å². The standard InChI is InChI=1S/C14H19N5O/c1-10-6-11(2)8-12(7-10)17-14(20)19-5-3-4-13(19)9-16-18-15/h6-8,13H,3-5,9H2,1-2H3,(H,17,20). The van der Waals surface area contributed by atoms with Crippen molar-refractivity contribution in [2.24, 2.45) is 5.11 Å². The Balaban J connectivity index is 2.05. The van der Waals surface area contributed by atoms with Gasteiger partial charge in [-0.2, -0.15) is 0 Å². The molecule has 0 aliphatic carbocycles. The molecule has 1 aromatic carbocycles. The predicted molar refractivity (Wildman–Crippen MR) is 78.7 cm³/mol. The molecular weight excluding hydrogens is 254 g/mol. The molecule has 0 spiro atoms. The van der Waals surface area contributed by atoms with Crippen LogP contribution >= 0.6 is 0 Å². The topological polar surface area (TPSA) is 81.1 Å². The van der Waals surface area contributed by atoms with E-state index in [1.54, 1.807) is 4.90 Å². The number of benzene rings is 1. The van der Waals surface area contributed by atoms with Crippen molar-refractivity contribution in [2.75, 3.05) is 18.4 Å². The van der Waals surface area contributed by atoms with Crippen LogP contribution in [0.5, 0.6) is 0 Å². The van der Waals surface area contributed by atoms with E-state index in [9.17, 15) is 4.79 Å². The second-order valence-corrected chi connectivity index (χ2v) is 5.21. The number of nitrogens with one attached hydrogen (secondary N) is 1. The highest BCUT2D eigenvalue weighted by Gasteiger charge is 2.28. The van der Waals surface area contributed by atoms with Crippen LogP contribution in [0, 0.1) is 13.8 Å². The van der Waals surface area contributed by atoms with Crippen LogP contribution in [0.2, 0.25) is 0 Å². The SMILES string of the molecule is Cc1cc(C)cc(NC(=O)N2CCCC2CN=[N+]=[N-])c1. The van der Waals surface area contributed by atoms with Gasteiger partial charge >= 0.3 is 6.03 Å². The zero-order valence-electron chi connectivity index (χ0n) is 11.8. The molecule has 1 unspecified atom stereocenters. The average molecular weight is 273 g/mol. The molecule has 0 saturated carbocycles. The van der Waals surface area contributed by atoms with Crippen LogP contribution in [0.4, 0.5) is 10.5 Å². The van der Waals surface area contributed by atoms with Gasteiger partial charge in [0.2, 0.25) is 0 Å². The number of hydrogen-bond acceptors (Lipinski definition) is 2. The van der Waals surface area contributed by atoms with Gasteiger partial charge in [-0.15, -0.1) is 0 Å². The Bertz CT molecular complexity index is 530. The lowest BCUT2D eigenvalue weighted by atomic mass is 10.1. The molecule has 0 aromatic heterocycles. The Hall–Kier alpha value is -2.20. The molecular formula is C14H19N5O. The summed E-state index contributed by atoms with van der Waals surface area (Å²) in [5, 5.41) is 6.50. The van der Waals surface area contributed by atoms with Crippen LogP contribution in [0.3, 0.4) is 0 Å². The Morgan fingerprint density at radius 3 is 2.80 bits per heavy atom. The zero-order valence-corrected chi connectivity index (χ0v) is 11.8. The second-order valence-electron chi connectivity index (χ2n) is 5.21. The monoisotopic (exact) mass is 273 g/mol. The normalized spacial score (nSPS) is 17.7. The Kier molecular flexibility index (Phi) is 4.48. The minimum atomic E-state index is -0.120. The van der Waals surface area contributed by atoms with E-state index < -0.39 is 0 Å². The van der Waals surface area contributed by atoms with Gasteiger partial charge in [-0.1, -0.05) is 11.2 Å². The van der Waals surface area contributed by atoms with Gasteiger partial charge in [0.1, 0.15) is 0 Å². The molecule has 106 valence electrons. The maximum atomic E-state index is 12.3. The summed E-state index contributed by atoms with van der Waals surface area (Å²) >= 11 is 0. The first-order valence-corrected chi connectivity index (χ1v) is 6.77. The summed E-state index contributed by atoms with van der Waals surface area (Å²) in [6, 6.07) is 5.85. The third kappa shape index (κ3) is 3.42. The van der Waals surface area contributed by atoms with Crippen LogP contribution in [0.15, 0.2) is 23.3 Å². The summed E-state index contributed by atoms with van der Waals surface area (Å²) in [5.74, 6) is 0. The molecule has 6 heteroatoms. The number of azide groups is 1. The molecule has 6 nitrogen and oxygen atoms in total. The summed E-state index contributed by atoms with van der Waals surface area (Å²) < 4.78 is 0. The molecule has 1 fully saturated rings. The highest BCUT2D eigenvalue weighted by molar-refractivity contribution is 5.90. The zero-order chi connectivity index (χ0) is 14.5. The number of aryl methyl sites for hydroxylation is 2. The van der Waals surface area contributed by atoms with Gasteiger partial charge in [0.05, 0.1) is 0 Å². The van der Waals surface area contributed by atoms with Crippen molar-refractivity contribution in [2.45, 2.75) is 32.7 Å². The molecule has 20 heavy (non-hydrogen) atoms. The summed E-state index contributed by atoms with van der Waals surface area (Å²) in [6.07, 6.45) is 1.84. The van der Waals surface area contributed by atoms with Gasteiger partial charge < -0.3 is 10.2 Å². The van der Waals surface area contributed by atoms with Crippen LogP contribution in [0.1, 0.15) is 24.0 Å². The molecule has 1 aliphatic rings. The lowest BCUT2D eigenvalue weighted by Gasteiger charge is -2.23. The maximum Gasteiger partial charge on any atom is 0.322 e. The van der Waals surface area contributed by atoms with Crippen molar-refractivity contribution in [1.82, 2.24) is 4.90 Å². The van der Waals surface area contributed by atoms with Gasteiger partial charge in [-0.25, -0.2) is 4.79 Å². The molecule has 1 aliphatic heterocycles. The fraction of sp³-hybridized carbons (Fsp3) is 0.500. The number of urea groups is 1. The average Bonchev–Trinajstić information content (AvgIpc) is 2.83. The quantitative estimate of drug-likeness (QED) is 0.509. The number of nitrogens with zero attached hydrogens (tertiary/aromatic N) is 4. The van der Waals surface area contributed by atoms with E-state index in [4.69, 9.17) is 5.53 Å². The minimum Gasteiger partial charge on any atom is -0.321 e. The highest BCUT2D eigenvalue weighted by atomic mass is 16.2. The van der Waals surface area contributed by atoms with E-state index in [0.717, 1.165) is 29.7 Å². The molecule has 1 heterocycles. The molecule has 0 radical (unpaired) electrons. The number of carbonyl (C=O) groups is 1.